The van der Waals surface area contributed by atoms with E-state index in [2.05, 4.69) is 22.4 Å². The number of furan rings is 1. The summed E-state index contributed by atoms with van der Waals surface area (Å²) < 4.78 is 10.3. The Kier molecular flexibility index (Phi) is 5.57. The third kappa shape index (κ3) is 3.86. The van der Waals surface area contributed by atoms with Crippen molar-refractivity contribution in [2.45, 2.75) is 25.8 Å². The summed E-state index contributed by atoms with van der Waals surface area (Å²) in [4.78, 5) is 18.3. The highest BCUT2D eigenvalue weighted by Crippen LogP contribution is 2.16. The second kappa shape index (κ2) is 7.42. The maximum Gasteiger partial charge on any atom is 0.238 e. The van der Waals surface area contributed by atoms with Gasteiger partial charge in [0.15, 0.2) is 5.76 Å². The van der Waals surface area contributed by atoms with Crippen LogP contribution in [0.15, 0.2) is 27.3 Å². The zero-order valence-electron chi connectivity index (χ0n) is 12.3. The van der Waals surface area contributed by atoms with Crippen molar-refractivity contribution in [1.29, 1.82) is 0 Å². The summed E-state index contributed by atoms with van der Waals surface area (Å²) in [5.41, 5.74) is 0. The standard InChI is InChI=1S/C14H18N4O3.ClH/c1-10-9-18(7-6-15-10)13(19)5-4-12-16-14(17-21-12)11-3-2-8-20-11;/h2-3,8,10,15H,4-7,9H2,1H3;1H. The minimum Gasteiger partial charge on any atom is -0.461 e. The van der Waals surface area contributed by atoms with E-state index in [0.29, 0.717) is 36.4 Å². The number of hydrogen-bond donors (Lipinski definition) is 1. The number of amides is 1. The molecule has 0 bridgehead atoms. The van der Waals surface area contributed by atoms with Crippen LogP contribution < -0.4 is 5.32 Å². The molecule has 8 heteroatoms. The molecule has 1 fully saturated rings. The molecule has 1 saturated heterocycles. The van der Waals surface area contributed by atoms with Crippen LogP contribution in [-0.4, -0.2) is 46.6 Å². The Hall–Kier alpha value is -1.86. The zero-order chi connectivity index (χ0) is 14.7. The van der Waals surface area contributed by atoms with Gasteiger partial charge in [-0.15, -0.1) is 12.4 Å². The average molecular weight is 327 g/mol. The molecule has 2 aromatic rings. The van der Waals surface area contributed by atoms with Gasteiger partial charge in [0.05, 0.1) is 6.26 Å². The van der Waals surface area contributed by atoms with Gasteiger partial charge in [-0.2, -0.15) is 4.98 Å². The summed E-state index contributed by atoms with van der Waals surface area (Å²) in [5, 5.41) is 7.16. The SMILES string of the molecule is CC1CN(C(=O)CCc2nc(-c3ccco3)no2)CCN1.Cl. The second-order valence-corrected chi connectivity index (χ2v) is 5.18. The normalized spacial score (nSPS) is 18.0. The molecule has 0 aromatic carbocycles. The molecule has 3 heterocycles. The minimum atomic E-state index is 0. The van der Waals surface area contributed by atoms with Crippen LogP contribution in [0.5, 0.6) is 0 Å². The van der Waals surface area contributed by atoms with Crippen LogP contribution in [0, 0.1) is 0 Å². The van der Waals surface area contributed by atoms with Crippen LogP contribution in [0.3, 0.4) is 0 Å². The van der Waals surface area contributed by atoms with Crippen molar-refractivity contribution in [3.63, 3.8) is 0 Å². The van der Waals surface area contributed by atoms with Crippen LogP contribution in [0.4, 0.5) is 0 Å². The number of aryl methyl sites for hydroxylation is 1. The summed E-state index contributed by atoms with van der Waals surface area (Å²) in [5.74, 6) is 1.56. The van der Waals surface area contributed by atoms with Gasteiger partial charge in [-0.25, -0.2) is 0 Å². The topological polar surface area (TPSA) is 84.4 Å². The van der Waals surface area contributed by atoms with E-state index in [4.69, 9.17) is 8.94 Å². The fourth-order valence-electron chi connectivity index (χ4n) is 2.39. The molecule has 0 radical (unpaired) electrons. The molecule has 1 aliphatic heterocycles. The van der Waals surface area contributed by atoms with Gasteiger partial charge in [-0.1, -0.05) is 5.16 Å². The number of halogens is 1. The molecule has 1 amide bonds. The first-order valence-corrected chi connectivity index (χ1v) is 7.10. The lowest BCUT2D eigenvalue weighted by Crippen LogP contribution is -2.51. The molecule has 0 aliphatic carbocycles. The van der Waals surface area contributed by atoms with E-state index < -0.39 is 0 Å². The number of nitrogens with one attached hydrogen (secondary N) is 1. The largest absolute Gasteiger partial charge is 0.461 e. The van der Waals surface area contributed by atoms with Gasteiger partial charge in [0.2, 0.25) is 17.6 Å². The van der Waals surface area contributed by atoms with Crippen molar-refractivity contribution in [3.8, 4) is 11.6 Å². The smallest absolute Gasteiger partial charge is 0.238 e. The fourth-order valence-corrected chi connectivity index (χ4v) is 2.39. The second-order valence-electron chi connectivity index (χ2n) is 5.18. The number of nitrogens with zero attached hydrogens (tertiary/aromatic N) is 3. The first-order valence-electron chi connectivity index (χ1n) is 7.10. The molecule has 120 valence electrons. The molecule has 3 rings (SSSR count). The molecular weight excluding hydrogens is 308 g/mol. The Morgan fingerprint density at radius 3 is 3.14 bits per heavy atom. The van der Waals surface area contributed by atoms with Gasteiger partial charge in [0, 0.05) is 38.5 Å². The summed E-state index contributed by atoms with van der Waals surface area (Å²) in [6.45, 7) is 4.42. The Balaban J connectivity index is 0.00000176. The van der Waals surface area contributed by atoms with Gasteiger partial charge >= 0.3 is 0 Å². The summed E-state index contributed by atoms with van der Waals surface area (Å²) in [7, 11) is 0. The predicted octanol–water partition coefficient (Wildman–Crippen LogP) is 1.50. The molecule has 1 aliphatic rings. The lowest BCUT2D eigenvalue weighted by atomic mass is 10.2. The molecule has 1 atom stereocenters. The van der Waals surface area contributed by atoms with E-state index >= 15 is 0 Å². The van der Waals surface area contributed by atoms with Crippen molar-refractivity contribution < 1.29 is 13.7 Å². The molecule has 7 nitrogen and oxygen atoms in total. The monoisotopic (exact) mass is 326 g/mol. The lowest BCUT2D eigenvalue weighted by molar-refractivity contribution is -0.132. The molecule has 1 N–H and O–H groups in total. The van der Waals surface area contributed by atoms with Gasteiger partial charge in [-0.3, -0.25) is 4.79 Å². The van der Waals surface area contributed by atoms with E-state index in [1.54, 1.807) is 18.4 Å². The molecule has 2 aromatic heterocycles. The first-order chi connectivity index (χ1) is 10.2. The van der Waals surface area contributed by atoms with Crippen molar-refractivity contribution in [3.05, 3.63) is 24.3 Å². The number of carbonyl (C=O) groups excluding carboxylic acids is 1. The third-order valence-electron chi connectivity index (χ3n) is 3.48. The van der Waals surface area contributed by atoms with E-state index in [-0.39, 0.29) is 18.3 Å². The molecular formula is C14H19ClN4O3. The number of rotatable bonds is 4. The zero-order valence-corrected chi connectivity index (χ0v) is 13.1. The van der Waals surface area contributed by atoms with Crippen molar-refractivity contribution >= 4 is 18.3 Å². The van der Waals surface area contributed by atoms with Crippen LogP contribution in [0.25, 0.3) is 11.6 Å². The van der Waals surface area contributed by atoms with Crippen molar-refractivity contribution in [2.24, 2.45) is 0 Å². The van der Waals surface area contributed by atoms with Gasteiger partial charge in [0.1, 0.15) is 0 Å². The Bertz CT molecular complexity index is 599. The van der Waals surface area contributed by atoms with Crippen molar-refractivity contribution in [2.75, 3.05) is 19.6 Å². The summed E-state index contributed by atoms with van der Waals surface area (Å²) in [6, 6.07) is 3.87. The minimum absolute atomic E-state index is 0. The van der Waals surface area contributed by atoms with Crippen LogP contribution >= 0.6 is 12.4 Å². The molecule has 0 saturated carbocycles. The molecule has 0 spiro atoms. The average Bonchev–Trinajstić information content (AvgIpc) is 3.15. The predicted molar refractivity (Wildman–Crippen MR) is 81.6 cm³/mol. The molecule has 22 heavy (non-hydrogen) atoms. The third-order valence-corrected chi connectivity index (χ3v) is 3.48. The number of carbonyl (C=O) groups is 1. The number of hydrogen-bond acceptors (Lipinski definition) is 6. The van der Waals surface area contributed by atoms with Gasteiger partial charge < -0.3 is 19.2 Å². The highest BCUT2D eigenvalue weighted by molar-refractivity contribution is 5.85. The van der Waals surface area contributed by atoms with Crippen LogP contribution in [0.1, 0.15) is 19.2 Å². The van der Waals surface area contributed by atoms with E-state index in [1.807, 2.05) is 4.90 Å². The fraction of sp³-hybridized carbons (Fsp3) is 0.500. The quantitative estimate of drug-likeness (QED) is 0.916. The highest BCUT2D eigenvalue weighted by atomic mass is 35.5. The summed E-state index contributed by atoms with van der Waals surface area (Å²) in [6.07, 6.45) is 2.39. The van der Waals surface area contributed by atoms with Gasteiger partial charge in [0.25, 0.3) is 0 Å². The van der Waals surface area contributed by atoms with E-state index in [1.165, 1.54) is 0 Å². The lowest BCUT2D eigenvalue weighted by Gasteiger charge is -2.31. The Labute approximate surface area is 134 Å². The van der Waals surface area contributed by atoms with Crippen LogP contribution in [-0.2, 0) is 11.2 Å². The number of aromatic nitrogens is 2. The molecule has 1 unspecified atom stereocenters. The first kappa shape index (κ1) is 16.5. The van der Waals surface area contributed by atoms with Gasteiger partial charge in [-0.05, 0) is 19.1 Å². The highest BCUT2D eigenvalue weighted by Gasteiger charge is 2.21. The van der Waals surface area contributed by atoms with E-state index in [0.717, 1.165) is 19.6 Å². The van der Waals surface area contributed by atoms with E-state index in [9.17, 15) is 4.79 Å². The van der Waals surface area contributed by atoms with Crippen LogP contribution in [0.2, 0.25) is 0 Å². The Morgan fingerprint density at radius 1 is 1.55 bits per heavy atom. The Morgan fingerprint density at radius 2 is 2.41 bits per heavy atom. The number of piperazine rings is 1. The summed E-state index contributed by atoms with van der Waals surface area (Å²) >= 11 is 0. The maximum absolute atomic E-state index is 12.1. The maximum atomic E-state index is 12.1. The van der Waals surface area contributed by atoms with Crippen molar-refractivity contribution in [1.82, 2.24) is 20.4 Å².